The molecule has 0 unspecified atom stereocenters. The van der Waals surface area contributed by atoms with Crippen LogP contribution in [0.15, 0.2) is 42.5 Å². The summed E-state index contributed by atoms with van der Waals surface area (Å²) in [6.45, 7) is 6.05. The predicted octanol–water partition coefficient (Wildman–Crippen LogP) is 4.32. The molecule has 2 aromatic rings. The molecule has 2 aliphatic heterocycles. The van der Waals surface area contributed by atoms with Crippen LogP contribution in [0.4, 0.5) is 17.1 Å². The summed E-state index contributed by atoms with van der Waals surface area (Å²) < 4.78 is 11.0. The quantitative estimate of drug-likeness (QED) is 0.671. The Balaban J connectivity index is 1.56. The fourth-order valence-electron chi connectivity index (χ4n) is 3.71. The molecule has 4 rings (SSSR count). The van der Waals surface area contributed by atoms with Crippen molar-refractivity contribution in [1.29, 1.82) is 0 Å². The van der Waals surface area contributed by atoms with Crippen molar-refractivity contribution in [3.8, 4) is 0 Å². The zero-order valence-corrected chi connectivity index (χ0v) is 18.7. The van der Waals surface area contributed by atoms with Gasteiger partial charge in [0.05, 0.1) is 37.8 Å². The topological polar surface area (TPSA) is 54.0 Å². The molecule has 164 valence electrons. The van der Waals surface area contributed by atoms with Gasteiger partial charge in [-0.05, 0) is 36.4 Å². The molecular weight excluding hydrogens is 437 g/mol. The lowest BCUT2D eigenvalue weighted by molar-refractivity contribution is -0.111. The third-order valence-electron chi connectivity index (χ3n) is 5.37. The van der Waals surface area contributed by atoms with Gasteiger partial charge in [-0.3, -0.25) is 4.79 Å². The van der Waals surface area contributed by atoms with Gasteiger partial charge in [0.15, 0.2) is 0 Å². The summed E-state index contributed by atoms with van der Waals surface area (Å²) in [5, 5.41) is 4.01. The third kappa shape index (κ3) is 5.52. The highest BCUT2D eigenvalue weighted by molar-refractivity contribution is 6.37. The maximum atomic E-state index is 12.7. The predicted molar refractivity (Wildman–Crippen MR) is 127 cm³/mol. The van der Waals surface area contributed by atoms with E-state index in [1.165, 1.54) is 6.08 Å². The van der Waals surface area contributed by atoms with Gasteiger partial charge in [-0.1, -0.05) is 29.3 Å². The number of nitrogens with zero attached hydrogens (tertiary/aromatic N) is 2. The van der Waals surface area contributed by atoms with Crippen LogP contribution in [0.1, 0.15) is 5.56 Å². The van der Waals surface area contributed by atoms with E-state index in [4.69, 9.17) is 32.7 Å². The van der Waals surface area contributed by atoms with Crippen molar-refractivity contribution in [3.63, 3.8) is 0 Å². The van der Waals surface area contributed by atoms with Gasteiger partial charge in [0.2, 0.25) is 5.91 Å². The van der Waals surface area contributed by atoms with Gasteiger partial charge >= 0.3 is 0 Å². The number of rotatable bonds is 5. The van der Waals surface area contributed by atoms with E-state index in [-0.39, 0.29) is 5.91 Å². The molecule has 0 bridgehead atoms. The van der Waals surface area contributed by atoms with E-state index in [2.05, 4.69) is 21.2 Å². The van der Waals surface area contributed by atoms with Crippen LogP contribution in [0.3, 0.4) is 0 Å². The summed E-state index contributed by atoms with van der Waals surface area (Å²) in [6, 6.07) is 11.4. The van der Waals surface area contributed by atoms with Crippen molar-refractivity contribution in [2.24, 2.45) is 0 Å². The minimum Gasteiger partial charge on any atom is -0.378 e. The molecule has 8 heteroatoms. The van der Waals surface area contributed by atoms with Crippen LogP contribution < -0.4 is 15.1 Å². The Morgan fingerprint density at radius 3 is 2.16 bits per heavy atom. The van der Waals surface area contributed by atoms with Crippen LogP contribution in [0.5, 0.6) is 0 Å². The summed E-state index contributed by atoms with van der Waals surface area (Å²) in [5.74, 6) is -0.246. The van der Waals surface area contributed by atoms with Gasteiger partial charge in [0.1, 0.15) is 0 Å². The second-order valence-electron chi connectivity index (χ2n) is 7.36. The SMILES string of the molecule is O=C(/C=C/c1c(Cl)cccc1Cl)Nc1ccc(N2CCOCC2)cc1N1CCOCC1. The number of carbonyl (C=O) groups excluding carboxylic acids is 1. The molecule has 0 aliphatic carbocycles. The molecule has 0 spiro atoms. The zero-order chi connectivity index (χ0) is 21.6. The Hall–Kier alpha value is -2.25. The molecule has 0 radical (unpaired) electrons. The summed E-state index contributed by atoms with van der Waals surface area (Å²) in [4.78, 5) is 17.2. The van der Waals surface area contributed by atoms with Gasteiger partial charge in [0.25, 0.3) is 0 Å². The van der Waals surface area contributed by atoms with Crippen LogP contribution in [-0.4, -0.2) is 58.5 Å². The monoisotopic (exact) mass is 461 g/mol. The van der Waals surface area contributed by atoms with Crippen LogP contribution in [0, 0.1) is 0 Å². The first-order chi connectivity index (χ1) is 15.1. The maximum absolute atomic E-state index is 12.7. The molecule has 1 amide bonds. The van der Waals surface area contributed by atoms with Crippen LogP contribution in [0.25, 0.3) is 6.08 Å². The second kappa shape index (κ2) is 10.4. The number of morpholine rings is 2. The highest BCUT2D eigenvalue weighted by atomic mass is 35.5. The van der Waals surface area contributed by atoms with Crippen molar-refractivity contribution in [2.45, 2.75) is 0 Å². The number of halogens is 2. The first-order valence-electron chi connectivity index (χ1n) is 10.3. The number of carbonyl (C=O) groups is 1. The Morgan fingerprint density at radius 1 is 0.903 bits per heavy atom. The smallest absolute Gasteiger partial charge is 0.248 e. The second-order valence-corrected chi connectivity index (χ2v) is 8.17. The van der Waals surface area contributed by atoms with Gasteiger partial charge in [0, 0.05) is 53.6 Å². The number of anilines is 3. The van der Waals surface area contributed by atoms with Crippen LogP contribution in [0.2, 0.25) is 10.0 Å². The minimum atomic E-state index is -0.246. The number of hydrogen-bond acceptors (Lipinski definition) is 5. The average molecular weight is 462 g/mol. The molecule has 2 heterocycles. The summed E-state index contributed by atoms with van der Waals surface area (Å²) in [5.41, 5.74) is 3.50. The highest BCUT2D eigenvalue weighted by Crippen LogP contribution is 2.32. The van der Waals surface area contributed by atoms with Crippen LogP contribution >= 0.6 is 23.2 Å². The summed E-state index contributed by atoms with van der Waals surface area (Å²) in [7, 11) is 0. The van der Waals surface area contributed by atoms with E-state index in [9.17, 15) is 4.79 Å². The van der Waals surface area contributed by atoms with Gasteiger partial charge in [-0.15, -0.1) is 0 Å². The maximum Gasteiger partial charge on any atom is 0.248 e. The van der Waals surface area contributed by atoms with E-state index < -0.39 is 0 Å². The lowest BCUT2D eigenvalue weighted by atomic mass is 10.1. The van der Waals surface area contributed by atoms with Gasteiger partial charge in [-0.25, -0.2) is 0 Å². The average Bonchev–Trinajstić information content (AvgIpc) is 2.80. The third-order valence-corrected chi connectivity index (χ3v) is 6.03. The molecule has 0 saturated carbocycles. The van der Waals surface area contributed by atoms with E-state index in [1.54, 1.807) is 24.3 Å². The Kier molecular flexibility index (Phi) is 7.35. The molecule has 2 aliphatic rings. The van der Waals surface area contributed by atoms with E-state index in [0.29, 0.717) is 28.8 Å². The van der Waals surface area contributed by atoms with Crippen LogP contribution in [-0.2, 0) is 14.3 Å². The van der Waals surface area contributed by atoms with E-state index in [0.717, 1.165) is 56.5 Å². The van der Waals surface area contributed by atoms with Crippen molar-refractivity contribution in [1.82, 2.24) is 0 Å². The number of amides is 1. The normalized spacial score (nSPS) is 17.2. The largest absolute Gasteiger partial charge is 0.378 e. The molecule has 0 aromatic heterocycles. The summed E-state index contributed by atoms with van der Waals surface area (Å²) >= 11 is 12.4. The Labute approximate surface area is 192 Å². The van der Waals surface area contributed by atoms with Crippen molar-refractivity contribution >= 4 is 52.2 Å². The Bertz CT molecular complexity index is 935. The van der Waals surface area contributed by atoms with Gasteiger partial charge in [-0.2, -0.15) is 0 Å². The molecule has 2 fully saturated rings. The molecule has 6 nitrogen and oxygen atoms in total. The van der Waals surface area contributed by atoms with E-state index >= 15 is 0 Å². The van der Waals surface area contributed by atoms with Gasteiger partial charge < -0.3 is 24.6 Å². The number of ether oxygens (including phenoxy) is 2. The molecular formula is C23H25Cl2N3O3. The number of nitrogens with one attached hydrogen (secondary N) is 1. The fraction of sp³-hybridized carbons (Fsp3) is 0.348. The zero-order valence-electron chi connectivity index (χ0n) is 17.2. The van der Waals surface area contributed by atoms with Crippen molar-refractivity contribution in [3.05, 3.63) is 58.1 Å². The highest BCUT2D eigenvalue weighted by Gasteiger charge is 2.19. The van der Waals surface area contributed by atoms with Crippen molar-refractivity contribution in [2.75, 3.05) is 67.7 Å². The lowest BCUT2D eigenvalue weighted by Crippen LogP contribution is -2.38. The molecule has 1 N–H and O–H groups in total. The van der Waals surface area contributed by atoms with E-state index in [1.807, 2.05) is 12.1 Å². The Morgan fingerprint density at radius 2 is 1.52 bits per heavy atom. The molecule has 2 saturated heterocycles. The fourth-order valence-corrected chi connectivity index (χ4v) is 4.24. The standard InChI is InChI=1S/C23H25Cl2N3O3/c24-19-2-1-3-20(25)18(19)5-7-23(29)26-21-6-4-17(27-8-12-30-13-9-27)16-22(21)28-10-14-31-15-11-28/h1-7,16H,8-15H2,(H,26,29)/b7-5+. The lowest BCUT2D eigenvalue weighted by Gasteiger charge is -2.33. The number of hydrogen-bond donors (Lipinski definition) is 1. The molecule has 31 heavy (non-hydrogen) atoms. The first kappa shape index (κ1) is 22.0. The van der Waals surface area contributed by atoms with Crippen molar-refractivity contribution < 1.29 is 14.3 Å². The minimum absolute atomic E-state index is 0.246. The number of benzene rings is 2. The first-order valence-corrected chi connectivity index (χ1v) is 11.1. The molecule has 0 atom stereocenters. The summed E-state index contributed by atoms with van der Waals surface area (Å²) in [6.07, 6.45) is 3.09. The molecule has 2 aromatic carbocycles.